The van der Waals surface area contributed by atoms with E-state index in [0.29, 0.717) is 17.1 Å². The van der Waals surface area contributed by atoms with Crippen molar-refractivity contribution in [3.8, 4) is 11.5 Å². The van der Waals surface area contributed by atoms with Crippen LogP contribution in [0, 0.1) is 5.92 Å². The van der Waals surface area contributed by atoms with Crippen molar-refractivity contribution in [1.82, 2.24) is 5.32 Å². The van der Waals surface area contributed by atoms with E-state index in [1.165, 1.54) is 20.3 Å². The van der Waals surface area contributed by atoms with Crippen molar-refractivity contribution in [2.75, 3.05) is 20.8 Å². The molecule has 1 unspecified atom stereocenters. The fourth-order valence-corrected chi connectivity index (χ4v) is 1.86. The normalized spacial score (nSPS) is 12.4. The van der Waals surface area contributed by atoms with Gasteiger partial charge >= 0.3 is 18.1 Å². The van der Waals surface area contributed by atoms with Gasteiger partial charge in [0.2, 0.25) is 0 Å². The minimum absolute atomic E-state index is 0.0756. The SMILES string of the molecule is COc1ccc(CC(CNC(=O)C(F)(F)F)C(=O)O)cc1OC. The fourth-order valence-electron chi connectivity index (χ4n) is 1.86. The van der Waals surface area contributed by atoms with Gasteiger partial charge in [0, 0.05) is 6.54 Å². The fraction of sp³-hybridized carbons (Fsp3) is 0.429. The highest BCUT2D eigenvalue weighted by molar-refractivity contribution is 5.82. The number of hydrogen-bond donors (Lipinski definition) is 2. The van der Waals surface area contributed by atoms with Gasteiger partial charge in [0.25, 0.3) is 0 Å². The van der Waals surface area contributed by atoms with E-state index in [1.54, 1.807) is 17.4 Å². The molecule has 0 radical (unpaired) electrons. The summed E-state index contributed by atoms with van der Waals surface area (Å²) in [6, 6.07) is 4.66. The quantitative estimate of drug-likeness (QED) is 0.791. The lowest BCUT2D eigenvalue weighted by atomic mass is 9.99. The number of methoxy groups -OCH3 is 2. The first-order chi connectivity index (χ1) is 10.7. The molecule has 128 valence electrons. The second-order valence-electron chi connectivity index (χ2n) is 4.64. The summed E-state index contributed by atoms with van der Waals surface area (Å²) >= 11 is 0. The summed E-state index contributed by atoms with van der Waals surface area (Å²) in [5, 5.41) is 10.7. The van der Waals surface area contributed by atoms with E-state index in [-0.39, 0.29) is 6.42 Å². The summed E-state index contributed by atoms with van der Waals surface area (Å²) in [7, 11) is 2.84. The maximum Gasteiger partial charge on any atom is 0.471 e. The summed E-state index contributed by atoms with van der Waals surface area (Å²) < 4.78 is 46.5. The number of nitrogens with one attached hydrogen (secondary N) is 1. The molecule has 0 aliphatic carbocycles. The Bertz CT molecular complexity index is 574. The summed E-state index contributed by atoms with van der Waals surface area (Å²) in [5.74, 6) is -3.89. The van der Waals surface area contributed by atoms with Gasteiger partial charge in [-0.1, -0.05) is 6.07 Å². The van der Waals surface area contributed by atoms with E-state index in [0.717, 1.165) is 0 Å². The molecule has 0 saturated heterocycles. The van der Waals surface area contributed by atoms with Crippen molar-refractivity contribution in [2.24, 2.45) is 5.92 Å². The maximum absolute atomic E-state index is 12.1. The Labute approximate surface area is 130 Å². The zero-order valence-electron chi connectivity index (χ0n) is 12.4. The molecule has 23 heavy (non-hydrogen) atoms. The molecular formula is C14H16F3NO5. The molecule has 0 spiro atoms. The largest absolute Gasteiger partial charge is 0.493 e. The first-order valence-electron chi connectivity index (χ1n) is 6.47. The lowest BCUT2D eigenvalue weighted by Gasteiger charge is -2.15. The Hall–Kier alpha value is -2.45. The highest BCUT2D eigenvalue weighted by Crippen LogP contribution is 2.28. The molecule has 0 saturated carbocycles. The lowest BCUT2D eigenvalue weighted by molar-refractivity contribution is -0.174. The molecule has 1 aromatic carbocycles. The van der Waals surface area contributed by atoms with E-state index < -0.39 is 30.5 Å². The number of hydrogen-bond acceptors (Lipinski definition) is 4. The molecule has 1 atom stereocenters. The molecule has 6 nitrogen and oxygen atoms in total. The van der Waals surface area contributed by atoms with Crippen molar-refractivity contribution in [3.63, 3.8) is 0 Å². The zero-order valence-corrected chi connectivity index (χ0v) is 12.4. The van der Waals surface area contributed by atoms with E-state index >= 15 is 0 Å². The van der Waals surface area contributed by atoms with Gasteiger partial charge in [-0.3, -0.25) is 9.59 Å². The highest BCUT2D eigenvalue weighted by Gasteiger charge is 2.39. The molecule has 1 amide bonds. The number of carboxylic acid groups (broad SMARTS) is 1. The average Bonchev–Trinajstić information content (AvgIpc) is 2.49. The van der Waals surface area contributed by atoms with Gasteiger partial charge in [-0.15, -0.1) is 0 Å². The highest BCUT2D eigenvalue weighted by atomic mass is 19.4. The number of carbonyl (C=O) groups is 2. The third-order valence-corrected chi connectivity index (χ3v) is 3.05. The van der Waals surface area contributed by atoms with Crippen molar-refractivity contribution < 1.29 is 37.3 Å². The van der Waals surface area contributed by atoms with E-state index in [4.69, 9.17) is 14.6 Å². The second-order valence-corrected chi connectivity index (χ2v) is 4.64. The Morgan fingerprint density at radius 3 is 2.30 bits per heavy atom. The monoisotopic (exact) mass is 335 g/mol. The number of rotatable bonds is 7. The van der Waals surface area contributed by atoms with Crippen LogP contribution in [0.1, 0.15) is 5.56 Å². The molecule has 1 rings (SSSR count). The van der Waals surface area contributed by atoms with Crippen LogP contribution >= 0.6 is 0 Å². The van der Waals surface area contributed by atoms with E-state index in [9.17, 15) is 22.8 Å². The first-order valence-corrected chi connectivity index (χ1v) is 6.47. The van der Waals surface area contributed by atoms with Gasteiger partial charge in [0.05, 0.1) is 20.1 Å². The first kappa shape index (κ1) is 18.6. The minimum Gasteiger partial charge on any atom is -0.493 e. The maximum atomic E-state index is 12.1. The lowest BCUT2D eigenvalue weighted by Crippen LogP contribution is -2.41. The molecule has 0 heterocycles. The average molecular weight is 335 g/mol. The molecule has 1 aromatic rings. The number of halogens is 3. The number of benzene rings is 1. The summed E-state index contributed by atoms with van der Waals surface area (Å²) in [6.45, 7) is -0.637. The second kappa shape index (κ2) is 7.70. The van der Waals surface area contributed by atoms with Gasteiger partial charge < -0.3 is 19.9 Å². The number of carbonyl (C=O) groups excluding carboxylic acids is 1. The Kier molecular flexibility index (Phi) is 6.23. The number of alkyl halides is 3. The Morgan fingerprint density at radius 1 is 1.22 bits per heavy atom. The topological polar surface area (TPSA) is 84.9 Å². The number of carboxylic acids is 1. The van der Waals surface area contributed by atoms with Gasteiger partial charge in [-0.05, 0) is 24.1 Å². The Balaban J connectivity index is 2.81. The van der Waals surface area contributed by atoms with Crippen LogP contribution in [0.15, 0.2) is 18.2 Å². The van der Waals surface area contributed by atoms with Crippen LogP contribution in [0.25, 0.3) is 0 Å². The summed E-state index contributed by atoms with van der Waals surface area (Å²) in [4.78, 5) is 21.9. The van der Waals surface area contributed by atoms with Gasteiger partial charge in [0.1, 0.15) is 0 Å². The molecule has 0 fully saturated rings. The zero-order chi connectivity index (χ0) is 17.6. The van der Waals surface area contributed by atoms with Gasteiger partial charge in [-0.25, -0.2) is 0 Å². The molecule has 0 aliphatic heterocycles. The summed E-state index contributed by atoms with van der Waals surface area (Å²) in [6.07, 6.45) is -5.12. The molecule has 0 aromatic heterocycles. The molecule has 0 aliphatic rings. The smallest absolute Gasteiger partial charge is 0.471 e. The standard InChI is InChI=1S/C14H16F3NO5/c1-22-10-4-3-8(6-11(10)23-2)5-9(12(19)20)7-18-13(21)14(15,16)17/h3-4,6,9H,5,7H2,1-2H3,(H,18,21)(H,19,20). The van der Waals surface area contributed by atoms with Crippen LogP contribution in [-0.4, -0.2) is 43.9 Å². The predicted octanol–water partition coefficient (Wildman–Crippen LogP) is 1.63. The molecular weight excluding hydrogens is 319 g/mol. The van der Waals surface area contributed by atoms with E-state index in [2.05, 4.69) is 0 Å². The molecule has 2 N–H and O–H groups in total. The van der Waals surface area contributed by atoms with Crippen LogP contribution < -0.4 is 14.8 Å². The van der Waals surface area contributed by atoms with Crippen LogP contribution in [-0.2, 0) is 16.0 Å². The Morgan fingerprint density at radius 2 is 1.83 bits per heavy atom. The van der Waals surface area contributed by atoms with Gasteiger partial charge in [-0.2, -0.15) is 13.2 Å². The number of amides is 1. The van der Waals surface area contributed by atoms with Crippen LogP contribution in [0.4, 0.5) is 13.2 Å². The number of aliphatic carboxylic acids is 1. The molecule has 0 bridgehead atoms. The van der Waals surface area contributed by atoms with Crippen molar-refractivity contribution in [2.45, 2.75) is 12.6 Å². The van der Waals surface area contributed by atoms with Gasteiger partial charge in [0.15, 0.2) is 11.5 Å². The van der Waals surface area contributed by atoms with Crippen molar-refractivity contribution in [1.29, 1.82) is 0 Å². The van der Waals surface area contributed by atoms with E-state index in [1.807, 2.05) is 0 Å². The third kappa shape index (κ3) is 5.35. The van der Waals surface area contributed by atoms with Crippen molar-refractivity contribution >= 4 is 11.9 Å². The molecule has 9 heteroatoms. The third-order valence-electron chi connectivity index (χ3n) is 3.05. The van der Waals surface area contributed by atoms with Crippen LogP contribution in [0.2, 0.25) is 0 Å². The summed E-state index contributed by atoms with van der Waals surface area (Å²) in [5.41, 5.74) is 0.524. The number of ether oxygens (including phenoxy) is 2. The van der Waals surface area contributed by atoms with Crippen LogP contribution in [0.3, 0.4) is 0 Å². The minimum atomic E-state index is -5.05. The predicted molar refractivity (Wildman–Crippen MR) is 73.4 cm³/mol. The van der Waals surface area contributed by atoms with Crippen LogP contribution in [0.5, 0.6) is 11.5 Å². The van der Waals surface area contributed by atoms with Crippen molar-refractivity contribution in [3.05, 3.63) is 23.8 Å².